The van der Waals surface area contributed by atoms with Crippen molar-refractivity contribution < 1.29 is 24.2 Å². The first-order chi connectivity index (χ1) is 20.5. The van der Waals surface area contributed by atoms with Crippen LogP contribution in [0.25, 0.3) is 0 Å². The van der Waals surface area contributed by atoms with Crippen LogP contribution in [-0.2, 0) is 19.1 Å². The lowest BCUT2D eigenvalue weighted by atomic mass is 9.77. The number of carbonyl (C=O) groups is 3. The molecule has 0 aromatic heterocycles. The summed E-state index contributed by atoms with van der Waals surface area (Å²) in [7, 11) is 0. The van der Waals surface area contributed by atoms with Crippen molar-refractivity contribution in [3.05, 3.63) is 90.5 Å². The minimum absolute atomic E-state index is 0.0911. The highest BCUT2D eigenvalue weighted by molar-refractivity contribution is 6.04. The highest BCUT2D eigenvalue weighted by Gasteiger charge is 2.72. The molecule has 8 nitrogen and oxygen atoms in total. The second kappa shape index (κ2) is 10.8. The normalized spacial score (nSPS) is 31.9. The van der Waals surface area contributed by atoms with Gasteiger partial charge in [-0.2, -0.15) is 0 Å². The van der Waals surface area contributed by atoms with E-state index in [0.717, 1.165) is 43.4 Å². The maximum atomic E-state index is 14.8. The quantitative estimate of drug-likeness (QED) is 0.558. The Morgan fingerprint density at radius 3 is 2.29 bits per heavy atom. The molecule has 0 radical (unpaired) electrons. The summed E-state index contributed by atoms with van der Waals surface area (Å²) in [5, 5.41) is 10.7. The van der Waals surface area contributed by atoms with Gasteiger partial charge in [-0.1, -0.05) is 92.1 Å². The van der Waals surface area contributed by atoms with E-state index in [4.69, 9.17) is 4.74 Å². The molecule has 2 saturated heterocycles. The van der Waals surface area contributed by atoms with Crippen LogP contribution in [0.1, 0.15) is 43.7 Å². The third kappa shape index (κ3) is 4.14. The number of anilines is 1. The van der Waals surface area contributed by atoms with Crippen molar-refractivity contribution >= 4 is 23.4 Å². The molecule has 42 heavy (non-hydrogen) atoms. The first-order valence-corrected chi connectivity index (χ1v) is 15.2. The number of hydrogen-bond donors (Lipinski definition) is 1. The molecule has 1 unspecified atom stereocenters. The van der Waals surface area contributed by atoms with Gasteiger partial charge < -0.3 is 24.5 Å². The number of hydrogen-bond acceptors (Lipinski definition) is 5. The van der Waals surface area contributed by atoms with Gasteiger partial charge in [-0.3, -0.25) is 14.4 Å². The van der Waals surface area contributed by atoms with Crippen molar-refractivity contribution in [1.29, 1.82) is 0 Å². The Bertz CT molecular complexity index is 1400. The van der Waals surface area contributed by atoms with Crippen LogP contribution in [-0.4, -0.2) is 76.1 Å². The maximum Gasteiger partial charge on any atom is 0.249 e. The van der Waals surface area contributed by atoms with E-state index in [2.05, 4.69) is 0 Å². The molecule has 1 aliphatic carbocycles. The Labute approximate surface area is 246 Å². The van der Waals surface area contributed by atoms with Crippen LogP contribution in [0.4, 0.5) is 5.69 Å². The SMILES string of the molecule is O=C1[C@@H]2[C@H]3C(=O)N([C@H](CO)c4ccccc4)C4C(=O)N(C5CCCCC5)CC=C[C@@]43O[C@@H]2C=CCN1c1ccccc1. The predicted octanol–water partition coefficient (Wildman–Crippen LogP) is 3.63. The molecule has 2 aromatic carbocycles. The number of aliphatic hydroxyl groups is 1. The smallest absolute Gasteiger partial charge is 0.249 e. The van der Waals surface area contributed by atoms with E-state index in [1.54, 1.807) is 9.80 Å². The van der Waals surface area contributed by atoms with E-state index in [-0.39, 0.29) is 30.4 Å². The third-order valence-electron chi connectivity index (χ3n) is 9.90. The fourth-order valence-electron chi connectivity index (χ4n) is 8.02. The number of likely N-dealkylation sites (tertiary alicyclic amines) is 1. The standard InChI is InChI=1S/C34H37N3O5/c38-22-26(23-12-4-1-5-13-23)37-30-33(41)36(25-16-8-3-9-17-25)21-11-19-34(30)29(32(37)40)28-27(42-34)18-10-20-35(31(28)39)24-14-6-2-7-15-24/h1-2,4-7,10-15,18-19,25-30,38H,3,8-9,16-17,20-22H2/t26-,27-,28+,29+,30?,34+/m1/s1. The monoisotopic (exact) mass is 567 g/mol. The molecule has 6 atom stereocenters. The van der Waals surface area contributed by atoms with Crippen LogP contribution in [0, 0.1) is 11.8 Å². The molecular formula is C34H37N3O5. The summed E-state index contributed by atoms with van der Waals surface area (Å²) >= 11 is 0. The molecule has 4 heterocycles. The molecular weight excluding hydrogens is 530 g/mol. The minimum atomic E-state index is -1.32. The highest BCUT2D eigenvalue weighted by Crippen LogP contribution is 2.55. The van der Waals surface area contributed by atoms with Crippen LogP contribution >= 0.6 is 0 Å². The van der Waals surface area contributed by atoms with Crippen LogP contribution in [0.5, 0.6) is 0 Å². The van der Waals surface area contributed by atoms with E-state index >= 15 is 0 Å². The van der Waals surface area contributed by atoms with Gasteiger partial charge in [-0.25, -0.2) is 0 Å². The molecule has 3 amide bonds. The van der Waals surface area contributed by atoms with E-state index in [1.807, 2.05) is 89.9 Å². The van der Waals surface area contributed by atoms with Gasteiger partial charge in [0.15, 0.2) is 0 Å². The summed E-state index contributed by atoms with van der Waals surface area (Å²) in [4.78, 5) is 49.0. The fourth-order valence-corrected chi connectivity index (χ4v) is 8.02. The zero-order valence-electron chi connectivity index (χ0n) is 23.6. The molecule has 8 heteroatoms. The number of fused-ring (bicyclic) bond motifs is 2. The zero-order chi connectivity index (χ0) is 28.8. The molecule has 3 fully saturated rings. The fraction of sp³-hybridized carbons (Fsp3) is 0.441. The lowest BCUT2D eigenvalue weighted by Crippen LogP contribution is -2.58. The summed E-state index contributed by atoms with van der Waals surface area (Å²) < 4.78 is 6.82. The average molecular weight is 568 g/mol. The van der Waals surface area contributed by atoms with Crippen molar-refractivity contribution in [1.82, 2.24) is 9.80 Å². The number of carbonyl (C=O) groups excluding carboxylic acids is 3. The molecule has 5 aliphatic rings. The predicted molar refractivity (Wildman–Crippen MR) is 157 cm³/mol. The molecule has 1 N–H and O–H groups in total. The van der Waals surface area contributed by atoms with Gasteiger partial charge >= 0.3 is 0 Å². The van der Waals surface area contributed by atoms with Crippen LogP contribution < -0.4 is 4.90 Å². The van der Waals surface area contributed by atoms with Crippen molar-refractivity contribution in [3.63, 3.8) is 0 Å². The summed E-state index contributed by atoms with van der Waals surface area (Å²) in [6, 6.07) is 17.1. The average Bonchev–Trinajstić information content (AvgIpc) is 3.34. The summed E-state index contributed by atoms with van der Waals surface area (Å²) in [6.07, 6.45) is 12.2. The molecule has 1 saturated carbocycles. The number of aliphatic hydroxyl groups excluding tert-OH is 1. The Morgan fingerprint density at radius 2 is 1.57 bits per heavy atom. The first kappa shape index (κ1) is 27.1. The topological polar surface area (TPSA) is 90.4 Å². The number of benzene rings is 2. The largest absolute Gasteiger partial charge is 0.394 e. The minimum Gasteiger partial charge on any atom is -0.394 e. The second-order valence-corrected chi connectivity index (χ2v) is 12.1. The molecule has 0 bridgehead atoms. The van der Waals surface area contributed by atoms with Gasteiger partial charge in [0.2, 0.25) is 17.7 Å². The Balaban J connectivity index is 1.35. The van der Waals surface area contributed by atoms with Gasteiger partial charge in [-0.05, 0) is 30.5 Å². The highest BCUT2D eigenvalue weighted by atomic mass is 16.5. The van der Waals surface area contributed by atoms with Crippen molar-refractivity contribution in [2.45, 2.75) is 61.9 Å². The van der Waals surface area contributed by atoms with Crippen LogP contribution in [0.3, 0.4) is 0 Å². The number of nitrogens with zero attached hydrogens (tertiary/aromatic N) is 3. The lowest BCUT2D eigenvalue weighted by Gasteiger charge is -2.41. The van der Waals surface area contributed by atoms with Gasteiger partial charge in [0.1, 0.15) is 11.6 Å². The molecule has 7 rings (SSSR count). The molecule has 4 aliphatic heterocycles. The Hall–Kier alpha value is -3.75. The summed E-state index contributed by atoms with van der Waals surface area (Å²) in [5.41, 5.74) is 0.166. The lowest BCUT2D eigenvalue weighted by molar-refractivity contribution is -0.152. The van der Waals surface area contributed by atoms with Gasteiger partial charge in [0.25, 0.3) is 0 Å². The first-order valence-electron chi connectivity index (χ1n) is 15.2. The van der Waals surface area contributed by atoms with Crippen molar-refractivity contribution in [2.75, 3.05) is 24.6 Å². The number of amides is 3. The van der Waals surface area contributed by atoms with Crippen molar-refractivity contribution in [2.24, 2.45) is 11.8 Å². The van der Waals surface area contributed by atoms with Gasteiger partial charge in [0, 0.05) is 24.8 Å². The van der Waals surface area contributed by atoms with Crippen molar-refractivity contribution in [3.8, 4) is 0 Å². The Morgan fingerprint density at radius 1 is 0.857 bits per heavy atom. The molecule has 2 aromatic rings. The molecule has 1 spiro atoms. The second-order valence-electron chi connectivity index (χ2n) is 12.1. The van der Waals surface area contributed by atoms with Gasteiger partial charge in [0.05, 0.1) is 30.6 Å². The molecule has 218 valence electrons. The third-order valence-corrected chi connectivity index (χ3v) is 9.90. The van der Waals surface area contributed by atoms with E-state index in [0.29, 0.717) is 13.1 Å². The van der Waals surface area contributed by atoms with Gasteiger partial charge in [-0.15, -0.1) is 0 Å². The van der Waals surface area contributed by atoms with E-state index < -0.39 is 35.6 Å². The van der Waals surface area contributed by atoms with E-state index in [9.17, 15) is 19.5 Å². The number of rotatable bonds is 5. The zero-order valence-corrected chi connectivity index (χ0v) is 23.6. The van der Waals surface area contributed by atoms with E-state index in [1.165, 1.54) is 0 Å². The number of ether oxygens (including phenoxy) is 1. The van der Waals surface area contributed by atoms with Crippen LogP contribution in [0.15, 0.2) is 85.0 Å². The summed E-state index contributed by atoms with van der Waals surface area (Å²) in [6.45, 7) is 0.450. The maximum absolute atomic E-state index is 14.8. The van der Waals surface area contributed by atoms with Crippen LogP contribution in [0.2, 0.25) is 0 Å². The Kier molecular flexibility index (Phi) is 6.98. The number of para-hydroxylation sites is 1. The summed E-state index contributed by atoms with van der Waals surface area (Å²) in [5.74, 6) is -2.39.